The minimum Gasteiger partial charge on any atom is -0.380 e. The number of nitrogens with zero attached hydrogens (tertiary/aromatic N) is 4. The second kappa shape index (κ2) is 8.91. The molecule has 31 heavy (non-hydrogen) atoms. The Bertz CT molecular complexity index is 1210. The van der Waals surface area contributed by atoms with Crippen LogP contribution in [0.1, 0.15) is 24.1 Å². The maximum atomic E-state index is 12.8. The van der Waals surface area contributed by atoms with Gasteiger partial charge in [0.05, 0.1) is 29.0 Å². The van der Waals surface area contributed by atoms with Gasteiger partial charge in [-0.1, -0.05) is 54.9 Å². The molecule has 0 aliphatic carbocycles. The molecule has 0 aliphatic heterocycles. The number of hydrogen-bond donors (Lipinski definition) is 2. The third-order valence-electron chi connectivity index (χ3n) is 5.38. The van der Waals surface area contributed by atoms with Crippen LogP contribution in [0.15, 0.2) is 59.5 Å². The van der Waals surface area contributed by atoms with E-state index in [1.807, 2.05) is 38.4 Å². The number of imidazole rings is 1. The lowest BCUT2D eigenvalue weighted by molar-refractivity contribution is 0.312. The third kappa shape index (κ3) is 4.33. The van der Waals surface area contributed by atoms with E-state index in [1.54, 1.807) is 6.20 Å². The molecular weight excluding hydrogens is 412 g/mol. The summed E-state index contributed by atoms with van der Waals surface area (Å²) in [5, 5.41) is 7.64. The van der Waals surface area contributed by atoms with E-state index >= 15 is 0 Å². The van der Waals surface area contributed by atoms with E-state index in [0.717, 1.165) is 17.5 Å². The Morgan fingerprint density at radius 2 is 1.90 bits per heavy atom. The van der Waals surface area contributed by atoms with Gasteiger partial charge in [-0.3, -0.25) is 4.79 Å². The standard InChI is InChI=1S/C23H25ClN6O/c1-4-15-9-11-16(12-10-15)20(29(2)3)14-25-19-13-26-30(22(31)21(19)24)23-27-17-7-5-6-8-18(17)28-23/h5-13,20,25H,4,14H2,1-3H3,(H,27,28)/t20-/m0/s1. The molecule has 4 aromatic rings. The highest BCUT2D eigenvalue weighted by Gasteiger charge is 2.17. The number of fused-ring (bicyclic) bond motifs is 1. The molecule has 0 bridgehead atoms. The number of para-hydroxylation sites is 2. The van der Waals surface area contributed by atoms with Gasteiger partial charge in [-0.15, -0.1) is 0 Å². The summed E-state index contributed by atoms with van der Waals surface area (Å²) in [7, 11) is 4.05. The average molecular weight is 437 g/mol. The predicted molar refractivity (Wildman–Crippen MR) is 125 cm³/mol. The van der Waals surface area contributed by atoms with Gasteiger partial charge in [-0.05, 0) is 43.8 Å². The zero-order valence-electron chi connectivity index (χ0n) is 17.8. The number of likely N-dealkylation sites (N-methyl/N-ethyl adjacent to an activating group) is 1. The van der Waals surface area contributed by atoms with Crippen molar-refractivity contribution < 1.29 is 0 Å². The van der Waals surface area contributed by atoms with Crippen molar-refractivity contribution in [2.24, 2.45) is 0 Å². The van der Waals surface area contributed by atoms with Gasteiger partial charge in [0.25, 0.3) is 5.56 Å². The van der Waals surface area contributed by atoms with Crippen LogP contribution >= 0.6 is 11.6 Å². The summed E-state index contributed by atoms with van der Waals surface area (Å²) >= 11 is 6.40. The number of aromatic amines is 1. The first-order valence-corrected chi connectivity index (χ1v) is 10.6. The number of rotatable bonds is 7. The van der Waals surface area contributed by atoms with Crippen molar-refractivity contribution in [3.63, 3.8) is 0 Å². The van der Waals surface area contributed by atoms with Gasteiger partial charge in [0.2, 0.25) is 5.95 Å². The van der Waals surface area contributed by atoms with Crippen LogP contribution in [0.3, 0.4) is 0 Å². The summed E-state index contributed by atoms with van der Waals surface area (Å²) in [5.74, 6) is 0.335. The number of nitrogens with one attached hydrogen (secondary N) is 2. The second-order valence-electron chi connectivity index (χ2n) is 7.62. The number of anilines is 1. The van der Waals surface area contributed by atoms with Crippen molar-refractivity contribution in [1.29, 1.82) is 0 Å². The Morgan fingerprint density at radius 1 is 1.16 bits per heavy atom. The van der Waals surface area contributed by atoms with Crippen molar-refractivity contribution in [3.8, 4) is 5.95 Å². The van der Waals surface area contributed by atoms with Crippen LogP contribution in [0.25, 0.3) is 17.0 Å². The first-order chi connectivity index (χ1) is 15.0. The maximum Gasteiger partial charge on any atom is 0.295 e. The van der Waals surface area contributed by atoms with Gasteiger partial charge in [-0.2, -0.15) is 9.78 Å². The molecule has 4 rings (SSSR count). The van der Waals surface area contributed by atoms with Crippen LogP contribution in [0.5, 0.6) is 0 Å². The number of aromatic nitrogens is 4. The average Bonchev–Trinajstić information content (AvgIpc) is 3.21. The van der Waals surface area contributed by atoms with Crippen molar-refractivity contribution in [1.82, 2.24) is 24.6 Å². The second-order valence-corrected chi connectivity index (χ2v) is 8.00. The summed E-state index contributed by atoms with van der Waals surface area (Å²) in [6.45, 7) is 2.72. The van der Waals surface area contributed by atoms with Crippen molar-refractivity contribution in [2.45, 2.75) is 19.4 Å². The van der Waals surface area contributed by atoms with Gasteiger partial charge >= 0.3 is 0 Å². The van der Waals surface area contributed by atoms with E-state index in [2.05, 4.69) is 56.5 Å². The molecule has 0 saturated heterocycles. The minimum absolute atomic E-state index is 0.0780. The van der Waals surface area contributed by atoms with E-state index in [1.165, 1.54) is 15.8 Å². The fourth-order valence-electron chi connectivity index (χ4n) is 3.53. The van der Waals surface area contributed by atoms with E-state index in [4.69, 9.17) is 11.6 Å². The summed E-state index contributed by atoms with van der Waals surface area (Å²) in [6.07, 6.45) is 2.57. The molecule has 2 aromatic carbocycles. The highest BCUT2D eigenvalue weighted by atomic mass is 35.5. The molecule has 0 fully saturated rings. The lowest BCUT2D eigenvalue weighted by Gasteiger charge is -2.26. The summed E-state index contributed by atoms with van der Waals surface area (Å²) in [4.78, 5) is 22.5. The predicted octanol–water partition coefficient (Wildman–Crippen LogP) is 4.04. The van der Waals surface area contributed by atoms with E-state index < -0.39 is 5.56 Å². The largest absolute Gasteiger partial charge is 0.380 e. The van der Waals surface area contributed by atoms with Gasteiger partial charge in [-0.25, -0.2) is 4.98 Å². The monoisotopic (exact) mass is 436 g/mol. The van der Waals surface area contributed by atoms with Crippen LogP contribution in [-0.2, 0) is 6.42 Å². The third-order valence-corrected chi connectivity index (χ3v) is 5.74. The van der Waals surface area contributed by atoms with Crippen molar-refractivity contribution in [3.05, 3.63) is 81.2 Å². The zero-order valence-corrected chi connectivity index (χ0v) is 18.5. The Kier molecular flexibility index (Phi) is 6.06. The quantitative estimate of drug-likeness (QED) is 0.457. The van der Waals surface area contributed by atoms with Crippen molar-refractivity contribution >= 4 is 28.3 Å². The molecule has 7 nitrogen and oxygen atoms in total. The van der Waals surface area contributed by atoms with Gasteiger partial charge in [0.15, 0.2) is 0 Å². The highest BCUT2D eigenvalue weighted by molar-refractivity contribution is 6.32. The SMILES string of the molecule is CCc1ccc([C@H](CNc2cnn(-c3nc4ccccc4[nH]3)c(=O)c2Cl)N(C)C)cc1. The first-order valence-electron chi connectivity index (χ1n) is 10.2. The lowest BCUT2D eigenvalue weighted by Crippen LogP contribution is -2.28. The lowest BCUT2D eigenvalue weighted by atomic mass is 10.0. The summed E-state index contributed by atoms with van der Waals surface area (Å²) < 4.78 is 1.18. The number of H-pyrrole nitrogens is 1. The highest BCUT2D eigenvalue weighted by Crippen LogP contribution is 2.22. The van der Waals surface area contributed by atoms with Crippen LogP contribution in [0.2, 0.25) is 5.02 Å². The van der Waals surface area contributed by atoms with Crippen LogP contribution in [0.4, 0.5) is 5.69 Å². The van der Waals surface area contributed by atoms with E-state index in [9.17, 15) is 4.79 Å². The number of halogens is 1. The minimum atomic E-state index is -0.431. The molecule has 0 saturated carbocycles. The first kappa shape index (κ1) is 21.1. The topological polar surface area (TPSA) is 78.8 Å². The number of aryl methyl sites for hydroxylation is 1. The molecule has 0 unspecified atom stereocenters. The maximum absolute atomic E-state index is 12.8. The molecule has 0 spiro atoms. The summed E-state index contributed by atoms with van der Waals surface area (Å²) in [5.41, 5.74) is 4.14. The van der Waals surface area contributed by atoms with Gasteiger partial charge in [0, 0.05) is 6.54 Å². The summed E-state index contributed by atoms with van der Waals surface area (Å²) in [6, 6.07) is 16.2. The molecule has 0 radical (unpaired) electrons. The molecular formula is C23H25ClN6O. The Labute approximate surface area is 185 Å². The van der Waals surface area contributed by atoms with Crippen LogP contribution in [-0.4, -0.2) is 45.3 Å². The molecule has 2 aromatic heterocycles. The molecule has 2 N–H and O–H groups in total. The molecule has 160 valence electrons. The van der Waals surface area contributed by atoms with E-state index in [-0.39, 0.29) is 11.1 Å². The van der Waals surface area contributed by atoms with Crippen LogP contribution < -0.4 is 10.9 Å². The normalized spacial score (nSPS) is 12.4. The molecule has 0 aliphatic rings. The molecule has 8 heteroatoms. The number of benzene rings is 2. The van der Waals surface area contributed by atoms with Crippen LogP contribution in [0, 0.1) is 0 Å². The van der Waals surface area contributed by atoms with Crippen molar-refractivity contribution in [2.75, 3.05) is 26.0 Å². The fraction of sp³-hybridized carbons (Fsp3) is 0.261. The molecule has 2 heterocycles. The molecule has 1 atom stereocenters. The number of hydrogen-bond acceptors (Lipinski definition) is 5. The fourth-order valence-corrected chi connectivity index (χ4v) is 3.72. The van der Waals surface area contributed by atoms with Gasteiger partial charge < -0.3 is 15.2 Å². The van der Waals surface area contributed by atoms with E-state index in [0.29, 0.717) is 18.2 Å². The Balaban J connectivity index is 1.57. The van der Waals surface area contributed by atoms with Gasteiger partial charge in [0.1, 0.15) is 5.02 Å². The smallest absolute Gasteiger partial charge is 0.295 e. The Hall–Kier alpha value is -3.16. The molecule has 0 amide bonds. The Morgan fingerprint density at radius 3 is 2.58 bits per heavy atom. The zero-order chi connectivity index (χ0) is 22.0.